The Bertz CT molecular complexity index is 450. The first-order valence-corrected chi connectivity index (χ1v) is 8.15. The van der Waals surface area contributed by atoms with Crippen molar-refractivity contribution in [3.05, 3.63) is 35.4 Å². The second kappa shape index (κ2) is 5.87. The van der Waals surface area contributed by atoms with Gasteiger partial charge < -0.3 is 10.5 Å². The van der Waals surface area contributed by atoms with Crippen molar-refractivity contribution in [1.82, 2.24) is 0 Å². The zero-order valence-corrected chi connectivity index (χ0v) is 12.6. The summed E-state index contributed by atoms with van der Waals surface area (Å²) in [6.45, 7) is 2.87. The van der Waals surface area contributed by atoms with Crippen molar-refractivity contribution in [3.8, 4) is 0 Å². The van der Waals surface area contributed by atoms with Crippen LogP contribution in [0.4, 0.5) is 0 Å². The van der Waals surface area contributed by atoms with Gasteiger partial charge in [-0.1, -0.05) is 42.7 Å². The smallest absolute Gasteiger partial charge is 0.0687 e. The predicted octanol–water partition coefficient (Wildman–Crippen LogP) is 3.92. The summed E-state index contributed by atoms with van der Waals surface area (Å²) in [5.41, 5.74) is 8.97. The summed E-state index contributed by atoms with van der Waals surface area (Å²) >= 11 is 0. The fourth-order valence-corrected chi connectivity index (χ4v) is 4.06. The minimum absolute atomic E-state index is 0.246. The molecule has 0 radical (unpaired) electrons. The molecule has 2 heteroatoms. The molecule has 1 spiro atoms. The van der Waals surface area contributed by atoms with E-state index in [1.165, 1.54) is 49.7 Å². The van der Waals surface area contributed by atoms with Crippen LogP contribution < -0.4 is 5.73 Å². The molecule has 1 aliphatic carbocycles. The van der Waals surface area contributed by atoms with E-state index in [0.717, 1.165) is 13.0 Å². The van der Waals surface area contributed by atoms with Gasteiger partial charge in [-0.25, -0.2) is 0 Å². The highest BCUT2D eigenvalue weighted by Gasteiger charge is 2.42. The number of rotatable bonds is 4. The minimum Gasteiger partial charge on any atom is -0.372 e. The Kier molecular flexibility index (Phi) is 4.13. The van der Waals surface area contributed by atoms with Gasteiger partial charge in [0.1, 0.15) is 0 Å². The number of ether oxygens (including phenoxy) is 1. The summed E-state index contributed by atoms with van der Waals surface area (Å²) in [5.74, 6) is 0.441. The third-order valence-electron chi connectivity index (χ3n) is 5.20. The lowest BCUT2D eigenvalue weighted by Gasteiger charge is -2.26. The molecular weight excluding hydrogens is 246 g/mol. The average molecular weight is 273 g/mol. The van der Waals surface area contributed by atoms with Gasteiger partial charge in [0.15, 0.2) is 0 Å². The van der Waals surface area contributed by atoms with E-state index in [-0.39, 0.29) is 5.60 Å². The first kappa shape index (κ1) is 14.1. The molecule has 2 nitrogen and oxygen atoms in total. The van der Waals surface area contributed by atoms with Gasteiger partial charge in [-0.2, -0.15) is 0 Å². The number of nitrogens with two attached hydrogens (primary N) is 1. The monoisotopic (exact) mass is 273 g/mol. The Morgan fingerprint density at radius 1 is 1.30 bits per heavy atom. The van der Waals surface area contributed by atoms with Crippen molar-refractivity contribution >= 4 is 0 Å². The second-order valence-electron chi connectivity index (χ2n) is 6.75. The van der Waals surface area contributed by atoms with Gasteiger partial charge in [0.2, 0.25) is 0 Å². The predicted molar refractivity (Wildman–Crippen MR) is 82.9 cm³/mol. The summed E-state index contributed by atoms with van der Waals surface area (Å²) in [5, 5.41) is 0. The molecule has 2 N–H and O–H groups in total. The number of hydrogen-bond donors (Lipinski definition) is 1. The lowest BCUT2D eigenvalue weighted by Crippen LogP contribution is -2.26. The Hall–Kier alpha value is -0.860. The van der Waals surface area contributed by atoms with Crippen molar-refractivity contribution in [2.75, 3.05) is 6.54 Å². The van der Waals surface area contributed by atoms with Crippen molar-refractivity contribution in [3.63, 3.8) is 0 Å². The van der Waals surface area contributed by atoms with E-state index in [1.54, 1.807) is 0 Å². The Balaban J connectivity index is 1.64. The summed E-state index contributed by atoms with van der Waals surface area (Å²) in [6.07, 6.45) is 9.26. The molecule has 1 aromatic carbocycles. The molecule has 2 fully saturated rings. The van der Waals surface area contributed by atoms with Crippen LogP contribution >= 0.6 is 0 Å². The SMILES string of the molecule is Cc1cccc(C(CN)CC2CCC3(CCCC3)O2)c1. The van der Waals surface area contributed by atoms with Gasteiger partial charge in [0.05, 0.1) is 11.7 Å². The van der Waals surface area contributed by atoms with Gasteiger partial charge in [0.25, 0.3) is 0 Å². The maximum Gasteiger partial charge on any atom is 0.0687 e. The largest absolute Gasteiger partial charge is 0.372 e. The molecule has 2 unspecified atom stereocenters. The van der Waals surface area contributed by atoms with Crippen molar-refractivity contribution in [2.24, 2.45) is 5.73 Å². The third kappa shape index (κ3) is 2.91. The quantitative estimate of drug-likeness (QED) is 0.902. The van der Waals surface area contributed by atoms with E-state index < -0.39 is 0 Å². The highest BCUT2D eigenvalue weighted by molar-refractivity contribution is 5.26. The normalized spacial score (nSPS) is 26.2. The number of hydrogen-bond acceptors (Lipinski definition) is 2. The van der Waals surface area contributed by atoms with Crippen molar-refractivity contribution < 1.29 is 4.74 Å². The first-order chi connectivity index (χ1) is 9.71. The molecule has 1 aromatic rings. The van der Waals surface area contributed by atoms with Crippen molar-refractivity contribution in [2.45, 2.75) is 69.5 Å². The Morgan fingerprint density at radius 3 is 2.80 bits per heavy atom. The molecular formula is C18H27NO. The zero-order valence-electron chi connectivity index (χ0n) is 12.6. The van der Waals surface area contributed by atoms with Crippen LogP contribution in [0.5, 0.6) is 0 Å². The van der Waals surface area contributed by atoms with E-state index in [9.17, 15) is 0 Å². The molecule has 1 saturated heterocycles. The molecule has 3 rings (SSSR count). The molecule has 0 aromatic heterocycles. The molecule has 1 heterocycles. The van der Waals surface area contributed by atoms with Gasteiger partial charge in [-0.3, -0.25) is 0 Å². The van der Waals surface area contributed by atoms with E-state index >= 15 is 0 Å². The number of benzene rings is 1. The zero-order chi connectivity index (χ0) is 14.0. The van der Waals surface area contributed by atoms with Crippen LogP contribution in [0.15, 0.2) is 24.3 Å². The van der Waals surface area contributed by atoms with Crippen LogP contribution in [0.3, 0.4) is 0 Å². The molecule has 110 valence electrons. The van der Waals surface area contributed by atoms with Gasteiger partial charge >= 0.3 is 0 Å². The van der Waals surface area contributed by atoms with Crippen LogP contribution in [0.2, 0.25) is 0 Å². The molecule has 20 heavy (non-hydrogen) atoms. The van der Waals surface area contributed by atoms with E-state index in [1.807, 2.05) is 0 Å². The Morgan fingerprint density at radius 2 is 2.10 bits per heavy atom. The first-order valence-electron chi connectivity index (χ1n) is 8.15. The van der Waals surface area contributed by atoms with E-state index in [2.05, 4.69) is 31.2 Å². The maximum absolute atomic E-state index is 6.44. The maximum atomic E-state index is 6.44. The topological polar surface area (TPSA) is 35.2 Å². The second-order valence-corrected chi connectivity index (χ2v) is 6.75. The van der Waals surface area contributed by atoms with Crippen LogP contribution in [0, 0.1) is 6.92 Å². The van der Waals surface area contributed by atoms with Crippen LogP contribution in [0.25, 0.3) is 0 Å². The van der Waals surface area contributed by atoms with Gasteiger partial charge in [-0.05, 0) is 57.1 Å². The highest BCUT2D eigenvalue weighted by Crippen LogP contribution is 2.45. The molecule has 0 bridgehead atoms. The molecule has 1 saturated carbocycles. The molecule has 2 aliphatic rings. The summed E-state index contributed by atoms with van der Waals surface area (Å²) < 4.78 is 6.44. The van der Waals surface area contributed by atoms with E-state index in [4.69, 9.17) is 10.5 Å². The molecule has 0 amide bonds. The van der Waals surface area contributed by atoms with Gasteiger partial charge in [0, 0.05) is 0 Å². The molecule has 2 atom stereocenters. The minimum atomic E-state index is 0.246. The highest BCUT2D eigenvalue weighted by atomic mass is 16.5. The summed E-state index contributed by atoms with van der Waals surface area (Å²) in [4.78, 5) is 0. The molecule has 1 aliphatic heterocycles. The fourth-order valence-electron chi connectivity index (χ4n) is 4.06. The third-order valence-corrected chi connectivity index (χ3v) is 5.20. The van der Waals surface area contributed by atoms with Crippen LogP contribution in [0.1, 0.15) is 62.0 Å². The van der Waals surface area contributed by atoms with Crippen molar-refractivity contribution in [1.29, 1.82) is 0 Å². The van der Waals surface area contributed by atoms with E-state index in [0.29, 0.717) is 12.0 Å². The summed E-state index contributed by atoms with van der Waals surface area (Å²) in [7, 11) is 0. The lowest BCUT2D eigenvalue weighted by molar-refractivity contribution is -0.0408. The number of aryl methyl sites for hydroxylation is 1. The lowest BCUT2D eigenvalue weighted by atomic mass is 9.91. The standard InChI is InChI=1S/C18H27NO/c1-14-5-4-6-15(11-14)16(13-19)12-17-7-10-18(20-17)8-2-3-9-18/h4-6,11,16-17H,2-3,7-10,12-13,19H2,1H3. The summed E-state index contributed by atoms with van der Waals surface area (Å²) in [6, 6.07) is 8.78. The average Bonchev–Trinajstić information content (AvgIpc) is 3.07. The van der Waals surface area contributed by atoms with Crippen LogP contribution in [-0.4, -0.2) is 18.2 Å². The Labute approximate surface area is 122 Å². The fraction of sp³-hybridized carbons (Fsp3) is 0.667. The van der Waals surface area contributed by atoms with Gasteiger partial charge in [-0.15, -0.1) is 0 Å². The van der Waals surface area contributed by atoms with Crippen LogP contribution in [-0.2, 0) is 4.74 Å².